The van der Waals surface area contributed by atoms with Gasteiger partial charge in [-0.25, -0.2) is 4.79 Å². The number of benzene rings is 1. The summed E-state index contributed by atoms with van der Waals surface area (Å²) in [6, 6.07) is 6.45. The lowest BCUT2D eigenvalue weighted by molar-refractivity contribution is 0.0696. The largest absolute Gasteiger partial charge is 0.493 e. The number of ether oxygens (including phenoxy) is 1. The van der Waals surface area contributed by atoms with E-state index in [1.54, 1.807) is 23.9 Å². The summed E-state index contributed by atoms with van der Waals surface area (Å²) in [5.41, 5.74) is 0.221. The fourth-order valence-electron chi connectivity index (χ4n) is 1.52. The minimum atomic E-state index is -0.959. The van der Waals surface area contributed by atoms with Crippen LogP contribution in [0.15, 0.2) is 29.4 Å². The molecule has 1 aromatic carbocycles. The van der Waals surface area contributed by atoms with Crippen LogP contribution in [0.1, 0.15) is 16.2 Å². The van der Waals surface area contributed by atoms with Crippen molar-refractivity contribution in [2.75, 3.05) is 12.4 Å². The van der Waals surface area contributed by atoms with Gasteiger partial charge in [-0.2, -0.15) is 0 Å². The number of carboxylic acid groups (broad SMARTS) is 1. The Kier molecular flexibility index (Phi) is 4.62. The average molecular weight is 293 g/mol. The number of hydrogen-bond acceptors (Lipinski definition) is 5. The van der Waals surface area contributed by atoms with Gasteiger partial charge >= 0.3 is 5.97 Å². The lowest BCUT2D eigenvalue weighted by Gasteiger charge is -2.06. The second kappa shape index (κ2) is 6.42. The molecule has 106 valence electrons. The lowest BCUT2D eigenvalue weighted by Crippen LogP contribution is -2.03. The van der Waals surface area contributed by atoms with Crippen LogP contribution in [0.4, 0.5) is 0 Å². The Morgan fingerprint density at radius 2 is 2.25 bits per heavy atom. The molecule has 20 heavy (non-hydrogen) atoms. The second-order valence-electron chi connectivity index (χ2n) is 4.12. The summed E-state index contributed by atoms with van der Waals surface area (Å²) in [5.74, 6) is 1.17. The van der Waals surface area contributed by atoms with Crippen molar-refractivity contribution in [2.24, 2.45) is 7.05 Å². The van der Waals surface area contributed by atoms with Gasteiger partial charge in [-0.3, -0.25) is 0 Å². The van der Waals surface area contributed by atoms with E-state index in [0.717, 1.165) is 11.0 Å². The van der Waals surface area contributed by atoms with Crippen LogP contribution in [-0.2, 0) is 7.05 Å². The molecular weight excluding hydrogens is 278 g/mol. The smallest absolute Gasteiger partial charge is 0.335 e. The molecule has 1 aromatic heterocycles. The number of aromatic carboxylic acids is 1. The number of nitrogens with zero attached hydrogens (tertiary/aromatic N) is 3. The predicted octanol–water partition coefficient (Wildman–Crippen LogP) is 1.99. The van der Waals surface area contributed by atoms with Crippen LogP contribution in [0.2, 0.25) is 0 Å². The maximum atomic E-state index is 10.8. The zero-order valence-electron chi connectivity index (χ0n) is 11.2. The molecule has 2 rings (SSSR count). The van der Waals surface area contributed by atoms with Crippen LogP contribution in [-0.4, -0.2) is 38.2 Å². The number of carboxylic acids is 1. The summed E-state index contributed by atoms with van der Waals surface area (Å²) < 4.78 is 7.44. The minimum Gasteiger partial charge on any atom is -0.493 e. The van der Waals surface area contributed by atoms with Crippen LogP contribution in [0.3, 0.4) is 0 Å². The molecule has 0 aliphatic rings. The fraction of sp³-hybridized carbons (Fsp3) is 0.308. The molecule has 0 aliphatic heterocycles. The van der Waals surface area contributed by atoms with E-state index in [1.807, 2.05) is 18.5 Å². The first kappa shape index (κ1) is 14.4. The number of rotatable bonds is 6. The van der Waals surface area contributed by atoms with Crippen LogP contribution in [0, 0.1) is 6.92 Å². The Morgan fingerprint density at radius 1 is 1.45 bits per heavy atom. The van der Waals surface area contributed by atoms with Gasteiger partial charge in [0.1, 0.15) is 11.6 Å². The Hall–Kier alpha value is -2.02. The van der Waals surface area contributed by atoms with Gasteiger partial charge in [-0.15, -0.1) is 10.2 Å². The summed E-state index contributed by atoms with van der Waals surface area (Å²) >= 11 is 1.55. The Bertz CT molecular complexity index is 613. The average Bonchev–Trinajstić information content (AvgIpc) is 2.75. The van der Waals surface area contributed by atoms with Crippen molar-refractivity contribution in [3.63, 3.8) is 0 Å². The van der Waals surface area contributed by atoms with Crippen molar-refractivity contribution in [3.05, 3.63) is 35.7 Å². The molecule has 1 N–H and O–H groups in total. The highest BCUT2D eigenvalue weighted by molar-refractivity contribution is 7.99. The highest BCUT2D eigenvalue weighted by Gasteiger charge is 2.06. The van der Waals surface area contributed by atoms with Gasteiger partial charge in [-0.1, -0.05) is 17.8 Å². The summed E-state index contributed by atoms with van der Waals surface area (Å²) in [6.07, 6.45) is 0. The third kappa shape index (κ3) is 3.51. The van der Waals surface area contributed by atoms with E-state index in [4.69, 9.17) is 9.84 Å². The van der Waals surface area contributed by atoms with E-state index in [9.17, 15) is 4.79 Å². The van der Waals surface area contributed by atoms with E-state index in [-0.39, 0.29) is 5.56 Å². The highest BCUT2D eigenvalue weighted by atomic mass is 32.2. The standard InChI is InChI=1S/C13H15N3O3S/c1-9-14-15-13(16(9)2)20-7-6-19-11-5-3-4-10(8-11)12(17)18/h3-5,8H,6-7H2,1-2H3,(H,17,18). The third-order valence-electron chi connectivity index (χ3n) is 2.72. The van der Waals surface area contributed by atoms with Gasteiger partial charge in [0.15, 0.2) is 5.16 Å². The van der Waals surface area contributed by atoms with E-state index >= 15 is 0 Å². The first-order valence-corrected chi connectivity index (χ1v) is 7.01. The zero-order chi connectivity index (χ0) is 14.5. The van der Waals surface area contributed by atoms with Crippen molar-refractivity contribution in [2.45, 2.75) is 12.1 Å². The molecule has 0 atom stereocenters. The molecule has 0 amide bonds. The van der Waals surface area contributed by atoms with E-state index in [2.05, 4.69) is 10.2 Å². The summed E-state index contributed by atoms with van der Waals surface area (Å²) in [5, 5.41) is 17.7. The maximum Gasteiger partial charge on any atom is 0.335 e. The number of thioether (sulfide) groups is 1. The van der Waals surface area contributed by atoms with E-state index < -0.39 is 5.97 Å². The fourth-order valence-corrected chi connectivity index (χ4v) is 2.30. The topological polar surface area (TPSA) is 77.2 Å². The SMILES string of the molecule is Cc1nnc(SCCOc2cccc(C(=O)O)c2)n1C. The Balaban J connectivity index is 1.83. The Morgan fingerprint density at radius 3 is 2.90 bits per heavy atom. The summed E-state index contributed by atoms with van der Waals surface area (Å²) in [7, 11) is 1.91. The van der Waals surface area contributed by atoms with Crippen molar-refractivity contribution in [1.82, 2.24) is 14.8 Å². The first-order chi connectivity index (χ1) is 9.58. The van der Waals surface area contributed by atoms with Crippen LogP contribution in [0.5, 0.6) is 5.75 Å². The van der Waals surface area contributed by atoms with Gasteiger partial charge in [0.2, 0.25) is 0 Å². The van der Waals surface area contributed by atoms with Crippen LogP contribution in [0.25, 0.3) is 0 Å². The monoisotopic (exact) mass is 293 g/mol. The zero-order valence-corrected chi connectivity index (χ0v) is 12.1. The molecule has 6 nitrogen and oxygen atoms in total. The highest BCUT2D eigenvalue weighted by Crippen LogP contribution is 2.17. The molecule has 0 unspecified atom stereocenters. The molecule has 7 heteroatoms. The third-order valence-corrected chi connectivity index (χ3v) is 3.70. The molecule has 0 aliphatic carbocycles. The quantitative estimate of drug-likeness (QED) is 0.648. The Labute approximate surface area is 120 Å². The first-order valence-electron chi connectivity index (χ1n) is 6.03. The molecule has 0 saturated carbocycles. The lowest BCUT2D eigenvalue weighted by atomic mass is 10.2. The minimum absolute atomic E-state index is 0.221. The van der Waals surface area contributed by atoms with E-state index in [1.165, 1.54) is 12.1 Å². The maximum absolute atomic E-state index is 10.8. The van der Waals surface area contributed by atoms with E-state index in [0.29, 0.717) is 18.1 Å². The molecule has 0 bridgehead atoms. The number of hydrogen-bond donors (Lipinski definition) is 1. The predicted molar refractivity (Wildman–Crippen MR) is 75.4 cm³/mol. The molecule has 1 heterocycles. The summed E-state index contributed by atoms with van der Waals surface area (Å²) in [4.78, 5) is 10.8. The summed E-state index contributed by atoms with van der Waals surface area (Å²) in [6.45, 7) is 2.37. The molecular formula is C13H15N3O3S. The molecule has 2 aromatic rings. The van der Waals surface area contributed by atoms with Gasteiger partial charge < -0.3 is 14.4 Å². The number of aryl methyl sites for hydroxylation is 1. The van der Waals surface area contributed by atoms with Gasteiger partial charge in [-0.05, 0) is 25.1 Å². The van der Waals surface area contributed by atoms with Gasteiger partial charge in [0.05, 0.1) is 12.2 Å². The molecule has 0 fully saturated rings. The van der Waals surface area contributed by atoms with Gasteiger partial charge in [0.25, 0.3) is 0 Å². The molecule has 0 radical (unpaired) electrons. The van der Waals surface area contributed by atoms with Crippen LogP contribution < -0.4 is 4.74 Å². The van der Waals surface area contributed by atoms with Crippen molar-refractivity contribution in [1.29, 1.82) is 0 Å². The van der Waals surface area contributed by atoms with Crippen molar-refractivity contribution in [3.8, 4) is 5.75 Å². The number of carbonyl (C=O) groups is 1. The van der Waals surface area contributed by atoms with Crippen molar-refractivity contribution < 1.29 is 14.6 Å². The molecule has 0 saturated heterocycles. The number of aromatic nitrogens is 3. The van der Waals surface area contributed by atoms with Gasteiger partial charge in [0, 0.05) is 12.8 Å². The second-order valence-corrected chi connectivity index (χ2v) is 5.18. The normalized spacial score (nSPS) is 10.5. The van der Waals surface area contributed by atoms with Crippen LogP contribution >= 0.6 is 11.8 Å². The molecule has 0 spiro atoms. The van der Waals surface area contributed by atoms with Crippen molar-refractivity contribution >= 4 is 17.7 Å².